The number of benzene rings is 1. The minimum Gasteiger partial charge on any atom is -0.314 e. The highest BCUT2D eigenvalue weighted by Gasteiger charge is 2.38. The molecule has 0 bridgehead atoms. The van der Waals surface area contributed by atoms with Crippen LogP contribution in [0.25, 0.3) is 0 Å². The lowest BCUT2D eigenvalue weighted by atomic mass is 9.86. The third-order valence-electron chi connectivity index (χ3n) is 4.43. The third kappa shape index (κ3) is 3.82. The lowest BCUT2D eigenvalue weighted by Crippen LogP contribution is -2.33. The van der Waals surface area contributed by atoms with E-state index in [1.165, 1.54) is 24.0 Å². The summed E-state index contributed by atoms with van der Waals surface area (Å²) in [7, 11) is 0. The standard InChI is InChI=1S/C18H29N/c1-6-19-17(16-11-13(16)2)12-14-7-9-15(10-8-14)18(3,4)5/h7-10,13,16-17,19H,6,11-12H2,1-5H3. The molecule has 1 aliphatic carbocycles. The van der Waals surface area contributed by atoms with E-state index in [2.05, 4.69) is 64.2 Å². The summed E-state index contributed by atoms with van der Waals surface area (Å²) in [6, 6.07) is 9.90. The molecule has 0 saturated heterocycles. The second-order valence-electron chi connectivity index (χ2n) is 7.19. The van der Waals surface area contributed by atoms with Gasteiger partial charge in [0.25, 0.3) is 0 Å². The van der Waals surface area contributed by atoms with Crippen molar-refractivity contribution in [1.29, 1.82) is 0 Å². The average Bonchev–Trinajstić information content (AvgIpc) is 3.05. The molecule has 1 nitrogen and oxygen atoms in total. The fraction of sp³-hybridized carbons (Fsp3) is 0.667. The van der Waals surface area contributed by atoms with Gasteiger partial charge in [0.15, 0.2) is 0 Å². The first-order chi connectivity index (χ1) is 8.91. The van der Waals surface area contributed by atoms with E-state index in [-0.39, 0.29) is 5.41 Å². The third-order valence-corrected chi connectivity index (χ3v) is 4.43. The lowest BCUT2D eigenvalue weighted by molar-refractivity contribution is 0.454. The van der Waals surface area contributed by atoms with Gasteiger partial charge in [-0.25, -0.2) is 0 Å². The van der Waals surface area contributed by atoms with Gasteiger partial charge >= 0.3 is 0 Å². The van der Waals surface area contributed by atoms with Crippen molar-refractivity contribution in [2.45, 2.75) is 58.9 Å². The first-order valence-electron chi connectivity index (χ1n) is 7.74. The molecule has 0 aromatic heterocycles. The molecule has 1 heteroatoms. The molecule has 3 atom stereocenters. The topological polar surface area (TPSA) is 12.0 Å². The van der Waals surface area contributed by atoms with Crippen LogP contribution in [0.3, 0.4) is 0 Å². The van der Waals surface area contributed by atoms with Crippen molar-refractivity contribution in [3.63, 3.8) is 0 Å². The molecule has 1 aromatic rings. The fourth-order valence-corrected chi connectivity index (χ4v) is 2.94. The van der Waals surface area contributed by atoms with Crippen LogP contribution in [0.1, 0.15) is 52.2 Å². The first-order valence-corrected chi connectivity index (χ1v) is 7.74. The molecule has 0 heterocycles. The number of nitrogens with one attached hydrogen (secondary N) is 1. The molecule has 0 aliphatic heterocycles. The van der Waals surface area contributed by atoms with E-state index >= 15 is 0 Å². The van der Waals surface area contributed by atoms with Crippen LogP contribution in [-0.2, 0) is 11.8 Å². The molecular weight excluding hydrogens is 230 g/mol. The Bertz CT molecular complexity index is 399. The molecule has 1 saturated carbocycles. The van der Waals surface area contributed by atoms with Crippen LogP contribution in [0.5, 0.6) is 0 Å². The molecular formula is C18H29N. The maximum Gasteiger partial charge on any atom is 0.0138 e. The van der Waals surface area contributed by atoms with Gasteiger partial charge in [0.2, 0.25) is 0 Å². The predicted molar refractivity (Wildman–Crippen MR) is 83.6 cm³/mol. The Morgan fingerprint density at radius 1 is 1.21 bits per heavy atom. The van der Waals surface area contributed by atoms with E-state index in [4.69, 9.17) is 0 Å². The average molecular weight is 259 g/mol. The SMILES string of the molecule is CCNC(Cc1ccc(C(C)(C)C)cc1)C1CC1C. The quantitative estimate of drug-likeness (QED) is 0.837. The molecule has 1 aromatic carbocycles. The van der Waals surface area contributed by atoms with Crippen LogP contribution in [0.4, 0.5) is 0 Å². The minimum absolute atomic E-state index is 0.255. The van der Waals surface area contributed by atoms with Gasteiger partial charge in [-0.05, 0) is 47.8 Å². The molecule has 1 fully saturated rings. The smallest absolute Gasteiger partial charge is 0.0138 e. The second-order valence-corrected chi connectivity index (χ2v) is 7.19. The van der Waals surface area contributed by atoms with E-state index in [0.29, 0.717) is 6.04 Å². The Morgan fingerprint density at radius 2 is 1.79 bits per heavy atom. The van der Waals surface area contributed by atoms with Gasteiger partial charge in [-0.15, -0.1) is 0 Å². The number of hydrogen-bond donors (Lipinski definition) is 1. The van der Waals surface area contributed by atoms with E-state index in [1.54, 1.807) is 0 Å². The van der Waals surface area contributed by atoms with Crippen molar-refractivity contribution in [3.05, 3.63) is 35.4 Å². The Morgan fingerprint density at radius 3 is 2.21 bits per heavy atom. The van der Waals surface area contributed by atoms with Gasteiger partial charge in [-0.3, -0.25) is 0 Å². The molecule has 106 valence electrons. The van der Waals surface area contributed by atoms with Crippen molar-refractivity contribution in [3.8, 4) is 0 Å². The fourth-order valence-electron chi connectivity index (χ4n) is 2.94. The zero-order valence-electron chi connectivity index (χ0n) is 13.2. The second kappa shape index (κ2) is 5.66. The molecule has 0 radical (unpaired) electrons. The highest BCUT2D eigenvalue weighted by molar-refractivity contribution is 5.28. The summed E-state index contributed by atoms with van der Waals surface area (Å²) in [5.74, 6) is 1.81. The monoisotopic (exact) mass is 259 g/mol. The molecule has 1 aliphatic rings. The van der Waals surface area contributed by atoms with Gasteiger partial charge in [-0.2, -0.15) is 0 Å². The lowest BCUT2D eigenvalue weighted by Gasteiger charge is -2.21. The van der Waals surface area contributed by atoms with Crippen LogP contribution in [0.2, 0.25) is 0 Å². The highest BCUT2D eigenvalue weighted by Crippen LogP contribution is 2.41. The number of hydrogen-bond acceptors (Lipinski definition) is 1. The predicted octanol–water partition coefficient (Wildman–Crippen LogP) is 4.16. The normalized spacial score (nSPS) is 24.3. The van der Waals surface area contributed by atoms with Crippen LogP contribution in [0.15, 0.2) is 24.3 Å². The summed E-state index contributed by atoms with van der Waals surface area (Å²) in [6.45, 7) is 12.5. The Hall–Kier alpha value is -0.820. The van der Waals surface area contributed by atoms with Gasteiger partial charge in [0.1, 0.15) is 0 Å². The van der Waals surface area contributed by atoms with E-state index < -0.39 is 0 Å². The van der Waals surface area contributed by atoms with Crippen molar-refractivity contribution in [2.75, 3.05) is 6.54 Å². The zero-order chi connectivity index (χ0) is 14.0. The van der Waals surface area contributed by atoms with Crippen molar-refractivity contribution < 1.29 is 0 Å². The molecule has 0 spiro atoms. The van der Waals surface area contributed by atoms with E-state index in [1.807, 2.05) is 0 Å². The van der Waals surface area contributed by atoms with Crippen LogP contribution < -0.4 is 5.32 Å². The Kier molecular flexibility index (Phi) is 4.35. The summed E-state index contributed by atoms with van der Waals surface area (Å²) in [5.41, 5.74) is 3.15. The van der Waals surface area contributed by atoms with Gasteiger partial charge in [0.05, 0.1) is 0 Å². The number of likely N-dealkylation sites (N-methyl/N-ethyl adjacent to an activating group) is 1. The van der Waals surface area contributed by atoms with Crippen LogP contribution in [0, 0.1) is 11.8 Å². The largest absolute Gasteiger partial charge is 0.314 e. The summed E-state index contributed by atoms with van der Waals surface area (Å²) < 4.78 is 0. The van der Waals surface area contributed by atoms with Crippen LogP contribution >= 0.6 is 0 Å². The van der Waals surface area contributed by atoms with Crippen LogP contribution in [-0.4, -0.2) is 12.6 Å². The molecule has 19 heavy (non-hydrogen) atoms. The van der Waals surface area contributed by atoms with E-state index in [9.17, 15) is 0 Å². The molecule has 1 N–H and O–H groups in total. The van der Waals surface area contributed by atoms with Gasteiger partial charge < -0.3 is 5.32 Å². The summed E-state index contributed by atoms with van der Waals surface area (Å²) in [6.07, 6.45) is 2.57. The van der Waals surface area contributed by atoms with Gasteiger partial charge in [0, 0.05) is 6.04 Å². The van der Waals surface area contributed by atoms with E-state index in [0.717, 1.165) is 18.4 Å². The Balaban J connectivity index is 2.01. The highest BCUT2D eigenvalue weighted by atomic mass is 14.9. The minimum atomic E-state index is 0.255. The number of rotatable bonds is 5. The molecule has 0 amide bonds. The summed E-state index contributed by atoms with van der Waals surface area (Å²) in [4.78, 5) is 0. The summed E-state index contributed by atoms with van der Waals surface area (Å²) in [5, 5.41) is 3.67. The zero-order valence-corrected chi connectivity index (χ0v) is 13.2. The first kappa shape index (κ1) is 14.6. The summed E-state index contributed by atoms with van der Waals surface area (Å²) >= 11 is 0. The maximum atomic E-state index is 3.67. The molecule has 3 unspecified atom stereocenters. The van der Waals surface area contributed by atoms with Crippen molar-refractivity contribution in [1.82, 2.24) is 5.32 Å². The maximum absolute atomic E-state index is 3.67. The van der Waals surface area contributed by atoms with Crippen molar-refractivity contribution in [2.24, 2.45) is 11.8 Å². The van der Waals surface area contributed by atoms with Gasteiger partial charge in [-0.1, -0.05) is 58.9 Å². The van der Waals surface area contributed by atoms with Crippen molar-refractivity contribution >= 4 is 0 Å². The molecule has 2 rings (SSSR count). The Labute approximate surface area is 118 Å².